The molecule has 0 saturated heterocycles. The second-order valence-corrected chi connectivity index (χ2v) is 3.87. The molecule has 92 valence electrons. The van der Waals surface area contributed by atoms with Crippen LogP contribution in [0.25, 0.3) is 0 Å². The molecule has 0 fully saturated rings. The van der Waals surface area contributed by atoms with Gasteiger partial charge < -0.3 is 9.84 Å². The quantitative estimate of drug-likeness (QED) is 0.830. The first kappa shape index (κ1) is 12.2. The zero-order valence-corrected chi connectivity index (χ0v) is 10.1. The van der Waals surface area contributed by atoms with E-state index in [1.165, 1.54) is 6.07 Å². The zero-order chi connectivity index (χ0) is 13.0. The van der Waals surface area contributed by atoms with E-state index in [1.807, 2.05) is 30.3 Å². The topological polar surface area (TPSA) is 46.5 Å². The first-order valence-electron chi connectivity index (χ1n) is 5.80. The molecule has 2 aromatic rings. The minimum absolute atomic E-state index is 0.0118. The third-order valence-corrected chi connectivity index (χ3v) is 2.57. The van der Waals surface area contributed by atoms with Gasteiger partial charge in [0.15, 0.2) is 5.78 Å². The van der Waals surface area contributed by atoms with Crippen LogP contribution < -0.4 is 4.74 Å². The van der Waals surface area contributed by atoms with Gasteiger partial charge in [0, 0.05) is 6.42 Å². The van der Waals surface area contributed by atoms with Gasteiger partial charge in [-0.1, -0.05) is 25.1 Å². The Morgan fingerprint density at radius 1 is 1.11 bits per heavy atom. The number of para-hydroxylation sites is 1. The number of carbonyl (C=O) groups excluding carboxylic acids is 1. The molecule has 0 aliphatic carbocycles. The van der Waals surface area contributed by atoms with Crippen molar-refractivity contribution < 1.29 is 14.6 Å². The monoisotopic (exact) mass is 242 g/mol. The molecule has 0 aliphatic heterocycles. The molecule has 1 N–H and O–H groups in total. The van der Waals surface area contributed by atoms with Crippen LogP contribution in [-0.2, 0) is 0 Å². The number of Topliss-reactive ketones (excluding diaryl/α,β-unsaturated/α-hetero) is 1. The maximum atomic E-state index is 11.6. The predicted molar refractivity (Wildman–Crippen MR) is 69.2 cm³/mol. The fourth-order valence-electron chi connectivity index (χ4n) is 1.62. The van der Waals surface area contributed by atoms with Gasteiger partial charge in [0.05, 0.1) is 5.56 Å². The minimum atomic E-state index is -0.106. The molecular formula is C15H14O3. The van der Waals surface area contributed by atoms with Crippen molar-refractivity contribution in [1.29, 1.82) is 0 Å². The van der Waals surface area contributed by atoms with Crippen LogP contribution in [0.1, 0.15) is 23.7 Å². The molecule has 0 aliphatic rings. The molecule has 2 aromatic carbocycles. The van der Waals surface area contributed by atoms with Crippen LogP contribution in [-0.4, -0.2) is 10.9 Å². The highest BCUT2D eigenvalue weighted by molar-refractivity contribution is 5.98. The minimum Gasteiger partial charge on any atom is -0.507 e. The maximum Gasteiger partial charge on any atom is 0.166 e. The highest BCUT2D eigenvalue weighted by atomic mass is 16.5. The van der Waals surface area contributed by atoms with Crippen LogP contribution in [0.2, 0.25) is 0 Å². The molecule has 2 rings (SSSR count). The Morgan fingerprint density at radius 3 is 2.50 bits per heavy atom. The fraction of sp³-hybridized carbons (Fsp3) is 0.133. The van der Waals surface area contributed by atoms with Gasteiger partial charge in [-0.15, -0.1) is 0 Å². The Bertz CT molecular complexity index is 547. The summed E-state index contributed by atoms with van der Waals surface area (Å²) in [5.74, 6) is 1.11. The molecule has 3 heteroatoms. The highest BCUT2D eigenvalue weighted by Crippen LogP contribution is 2.27. The van der Waals surface area contributed by atoms with E-state index in [4.69, 9.17) is 4.74 Å². The number of phenols is 1. The summed E-state index contributed by atoms with van der Waals surface area (Å²) < 4.78 is 5.61. The number of phenolic OH excluding ortho intramolecular Hbond substituents is 1. The van der Waals surface area contributed by atoms with Crippen molar-refractivity contribution >= 4 is 5.78 Å². The molecule has 0 saturated carbocycles. The van der Waals surface area contributed by atoms with Gasteiger partial charge >= 0.3 is 0 Å². The van der Waals surface area contributed by atoms with Gasteiger partial charge in [-0.2, -0.15) is 0 Å². The molecule has 0 radical (unpaired) electrons. The number of hydrogen-bond donors (Lipinski definition) is 1. The summed E-state index contributed by atoms with van der Waals surface area (Å²) in [5, 5.41) is 9.63. The number of ether oxygens (including phenoxy) is 1. The SMILES string of the molecule is CCC(=O)c1cc(Oc2ccccc2)ccc1O. The van der Waals surface area contributed by atoms with Gasteiger partial charge in [0.25, 0.3) is 0 Å². The van der Waals surface area contributed by atoms with Gasteiger partial charge in [-0.3, -0.25) is 4.79 Å². The Balaban J connectivity index is 2.27. The van der Waals surface area contributed by atoms with Gasteiger partial charge in [-0.25, -0.2) is 0 Å². The van der Waals surface area contributed by atoms with Crippen molar-refractivity contribution in [3.8, 4) is 17.2 Å². The summed E-state index contributed by atoms with van der Waals surface area (Å²) in [6.45, 7) is 1.76. The number of benzene rings is 2. The van der Waals surface area contributed by atoms with Crippen LogP contribution in [0, 0.1) is 0 Å². The first-order chi connectivity index (χ1) is 8.70. The molecule has 0 atom stereocenters. The molecule has 0 unspecified atom stereocenters. The average Bonchev–Trinajstić information content (AvgIpc) is 2.41. The van der Waals surface area contributed by atoms with Gasteiger partial charge in [0.2, 0.25) is 0 Å². The van der Waals surface area contributed by atoms with Crippen LogP contribution in [0.5, 0.6) is 17.2 Å². The van der Waals surface area contributed by atoms with Crippen molar-refractivity contribution in [2.75, 3.05) is 0 Å². The predicted octanol–water partition coefficient (Wildman–Crippen LogP) is 3.78. The molecule has 0 amide bonds. The third kappa shape index (κ3) is 2.69. The summed E-state index contributed by atoms with van der Waals surface area (Å²) in [7, 11) is 0. The number of hydrogen-bond acceptors (Lipinski definition) is 3. The molecule has 0 spiro atoms. The number of rotatable bonds is 4. The lowest BCUT2D eigenvalue weighted by Crippen LogP contribution is -1.97. The third-order valence-electron chi connectivity index (χ3n) is 2.57. The second-order valence-electron chi connectivity index (χ2n) is 3.87. The largest absolute Gasteiger partial charge is 0.507 e. The number of carbonyl (C=O) groups is 1. The van der Waals surface area contributed by atoms with Gasteiger partial charge in [0.1, 0.15) is 17.2 Å². The van der Waals surface area contributed by atoms with Crippen molar-refractivity contribution in [3.05, 3.63) is 54.1 Å². The Hall–Kier alpha value is -2.29. The molecule has 0 aromatic heterocycles. The second kappa shape index (κ2) is 5.36. The summed E-state index contributed by atoms with van der Waals surface area (Å²) in [5.41, 5.74) is 0.297. The Morgan fingerprint density at radius 2 is 1.83 bits per heavy atom. The van der Waals surface area contributed by atoms with E-state index < -0.39 is 0 Å². The van der Waals surface area contributed by atoms with E-state index in [0.29, 0.717) is 23.5 Å². The van der Waals surface area contributed by atoms with Crippen molar-refractivity contribution in [3.63, 3.8) is 0 Å². The Labute approximate surface area is 106 Å². The van der Waals surface area contributed by atoms with Crippen LogP contribution in [0.15, 0.2) is 48.5 Å². The summed E-state index contributed by atoms with van der Waals surface area (Å²) >= 11 is 0. The van der Waals surface area contributed by atoms with E-state index in [-0.39, 0.29) is 11.5 Å². The average molecular weight is 242 g/mol. The van der Waals surface area contributed by atoms with Crippen molar-refractivity contribution in [2.45, 2.75) is 13.3 Å². The van der Waals surface area contributed by atoms with Crippen molar-refractivity contribution in [1.82, 2.24) is 0 Å². The summed E-state index contributed by atoms with van der Waals surface area (Å²) in [4.78, 5) is 11.6. The molecule has 0 bridgehead atoms. The highest BCUT2D eigenvalue weighted by Gasteiger charge is 2.10. The maximum absolute atomic E-state index is 11.6. The molecule has 18 heavy (non-hydrogen) atoms. The summed E-state index contributed by atoms with van der Waals surface area (Å²) in [6, 6.07) is 14.0. The normalized spacial score (nSPS) is 10.1. The van der Waals surface area contributed by atoms with E-state index >= 15 is 0 Å². The lowest BCUT2D eigenvalue weighted by molar-refractivity contribution is 0.0985. The molecule has 3 nitrogen and oxygen atoms in total. The molecule has 0 heterocycles. The smallest absolute Gasteiger partial charge is 0.166 e. The number of aromatic hydroxyl groups is 1. The fourth-order valence-corrected chi connectivity index (χ4v) is 1.62. The first-order valence-corrected chi connectivity index (χ1v) is 5.80. The van der Waals surface area contributed by atoms with Crippen LogP contribution >= 0.6 is 0 Å². The van der Waals surface area contributed by atoms with Crippen LogP contribution in [0.3, 0.4) is 0 Å². The van der Waals surface area contributed by atoms with Gasteiger partial charge in [-0.05, 0) is 30.3 Å². The van der Waals surface area contributed by atoms with Crippen molar-refractivity contribution in [2.24, 2.45) is 0 Å². The zero-order valence-electron chi connectivity index (χ0n) is 10.1. The van der Waals surface area contributed by atoms with E-state index in [1.54, 1.807) is 19.1 Å². The lowest BCUT2D eigenvalue weighted by Gasteiger charge is -2.08. The Kier molecular flexibility index (Phi) is 3.63. The van der Waals surface area contributed by atoms with Crippen LogP contribution in [0.4, 0.5) is 0 Å². The van der Waals surface area contributed by atoms with E-state index in [9.17, 15) is 9.90 Å². The summed E-state index contributed by atoms with van der Waals surface area (Å²) in [6.07, 6.45) is 0.350. The standard InChI is InChI=1S/C15H14O3/c1-2-14(16)13-10-12(8-9-15(13)17)18-11-6-4-3-5-7-11/h3-10,17H,2H2,1H3. The number of ketones is 1. The van der Waals surface area contributed by atoms with E-state index in [2.05, 4.69) is 0 Å². The lowest BCUT2D eigenvalue weighted by atomic mass is 10.1. The molecular weight excluding hydrogens is 228 g/mol. The van der Waals surface area contributed by atoms with E-state index in [0.717, 1.165) is 0 Å².